The van der Waals surface area contributed by atoms with E-state index in [0.717, 1.165) is 32.1 Å². The summed E-state index contributed by atoms with van der Waals surface area (Å²) < 4.78 is 5.49. The van der Waals surface area contributed by atoms with Gasteiger partial charge >= 0.3 is 5.97 Å². The van der Waals surface area contributed by atoms with Gasteiger partial charge in [0.2, 0.25) is 0 Å². The minimum atomic E-state index is -0.0802. The first-order valence-electron chi connectivity index (χ1n) is 32.0. The molecule has 3 nitrogen and oxygen atoms in total. The van der Waals surface area contributed by atoms with Crippen LogP contribution in [0.2, 0.25) is 0 Å². The predicted molar refractivity (Wildman–Crippen MR) is 301 cm³/mol. The Hall–Kier alpha value is -0.570. The molecule has 0 saturated heterocycles. The van der Waals surface area contributed by atoms with E-state index >= 15 is 0 Å². The molecule has 0 spiro atoms. The molecule has 1 atom stereocenters. The first-order valence-corrected chi connectivity index (χ1v) is 32.0. The number of hydrogen-bond acceptors (Lipinski definition) is 3. The molecule has 67 heavy (non-hydrogen) atoms. The highest BCUT2D eigenvalue weighted by Crippen LogP contribution is 2.19. The number of aliphatic hydroxyl groups is 1. The van der Waals surface area contributed by atoms with E-state index in [2.05, 4.69) is 13.8 Å². The van der Waals surface area contributed by atoms with Crippen molar-refractivity contribution < 1.29 is 14.6 Å². The second-order valence-electron chi connectivity index (χ2n) is 22.3. The molecule has 0 fully saturated rings. The number of unbranched alkanes of at least 4 members (excludes halogenated alkanes) is 53. The normalized spacial score (nSPS) is 12.1. The van der Waals surface area contributed by atoms with E-state index in [1.165, 1.54) is 340 Å². The molecule has 0 aromatic rings. The van der Waals surface area contributed by atoms with E-state index in [1.54, 1.807) is 0 Å². The molecule has 0 rings (SSSR count). The number of esters is 1. The smallest absolute Gasteiger partial charge is 0.305 e. The average Bonchev–Trinajstić information content (AvgIpc) is 3.33. The summed E-state index contributed by atoms with van der Waals surface area (Å²) >= 11 is 0. The van der Waals surface area contributed by atoms with Gasteiger partial charge < -0.3 is 9.84 Å². The summed E-state index contributed by atoms with van der Waals surface area (Å²) in [6.45, 7) is 5.16. The third-order valence-electron chi connectivity index (χ3n) is 15.3. The van der Waals surface area contributed by atoms with Crippen molar-refractivity contribution in [1.82, 2.24) is 0 Å². The first-order chi connectivity index (χ1) is 33.2. The summed E-state index contributed by atoms with van der Waals surface area (Å²) in [4.78, 5) is 12.1. The van der Waals surface area contributed by atoms with Crippen LogP contribution < -0.4 is 0 Å². The van der Waals surface area contributed by atoms with E-state index in [4.69, 9.17) is 4.74 Å². The number of carbonyl (C=O) groups is 1. The number of ether oxygens (including phenoxy) is 1. The van der Waals surface area contributed by atoms with E-state index < -0.39 is 0 Å². The molecule has 0 radical (unpaired) electrons. The quantitative estimate of drug-likeness (QED) is 0.0488. The SMILES string of the molecule is CCCCCCCCCCCCCCCCCCCCCCCCCCCCCCCCCCCCCCCCCCCCCCOC(=O)CCCCCCCCCCC(O)CCCCCC. The maximum atomic E-state index is 12.1. The Balaban J connectivity index is 3.14. The van der Waals surface area contributed by atoms with Crippen molar-refractivity contribution in [3.8, 4) is 0 Å². The monoisotopic (exact) mass is 945 g/mol. The summed E-state index contributed by atoms with van der Waals surface area (Å²) in [5.41, 5.74) is 0. The van der Waals surface area contributed by atoms with Crippen molar-refractivity contribution in [3.63, 3.8) is 0 Å². The molecule has 0 aliphatic carbocycles. The maximum Gasteiger partial charge on any atom is 0.305 e. The van der Waals surface area contributed by atoms with Gasteiger partial charge in [-0.15, -0.1) is 0 Å². The van der Waals surface area contributed by atoms with Gasteiger partial charge in [0, 0.05) is 6.42 Å². The van der Waals surface area contributed by atoms with Crippen LogP contribution in [0.3, 0.4) is 0 Å². The predicted octanol–water partition coefficient (Wildman–Crippen LogP) is 22.9. The van der Waals surface area contributed by atoms with Crippen LogP contribution >= 0.6 is 0 Å². The topological polar surface area (TPSA) is 46.5 Å². The van der Waals surface area contributed by atoms with Gasteiger partial charge in [-0.25, -0.2) is 0 Å². The number of carbonyl (C=O) groups excluding carboxylic acids is 1. The van der Waals surface area contributed by atoms with Gasteiger partial charge in [0.25, 0.3) is 0 Å². The van der Waals surface area contributed by atoms with Crippen LogP contribution in [-0.4, -0.2) is 23.8 Å². The molecular formula is C64H128O3. The Bertz CT molecular complexity index is 872. The molecule has 0 aliphatic rings. The van der Waals surface area contributed by atoms with Gasteiger partial charge in [0.15, 0.2) is 0 Å². The average molecular weight is 946 g/mol. The Labute approximate surface area is 424 Å². The van der Waals surface area contributed by atoms with Crippen molar-refractivity contribution >= 4 is 5.97 Å². The van der Waals surface area contributed by atoms with Gasteiger partial charge in [-0.05, 0) is 25.7 Å². The van der Waals surface area contributed by atoms with Gasteiger partial charge in [-0.3, -0.25) is 4.79 Å². The van der Waals surface area contributed by atoms with Crippen LogP contribution in [0.5, 0.6) is 0 Å². The number of rotatable bonds is 61. The summed E-state index contributed by atoms with van der Waals surface area (Å²) in [5, 5.41) is 10.1. The summed E-state index contributed by atoms with van der Waals surface area (Å²) in [6, 6.07) is 0. The molecule has 0 bridgehead atoms. The van der Waals surface area contributed by atoms with E-state index in [0.29, 0.717) is 13.0 Å². The van der Waals surface area contributed by atoms with Crippen molar-refractivity contribution in [2.45, 2.75) is 399 Å². The third kappa shape index (κ3) is 61.5. The van der Waals surface area contributed by atoms with E-state index in [-0.39, 0.29) is 12.1 Å². The maximum absolute atomic E-state index is 12.1. The fourth-order valence-corrected chi connectivity index (χ4v) is 10.5. The molecule has 3 heteroatoms. The molecule has 402 valence electrons. The molecule has 0 saturated carbocycles. The molecule has 1 N–H and O–H groups in total. The van der Waals surface area contributed by atoms with Crippen molar-refractivity contribution in [2.75, 3.05) is 6.61 Å². The number of hydrogen-bond donors (Lipinski definition) is 1. The van der Waals surface area contributed by atoms with E-state index in [1.807, 2.05) is 0 Å². The summed E-state index contributed by atoms with van der Waals surface area (Å²) in [6.07, 6.45) is 80.7. The Kier molecular flexibility index (Phi) is 61.0. The molecule has 0 aromatic heterocycles. The molecule has 0 aromatic carbocycles. The van der Waals surface area contributed by atoms with Gasteiger partial charge in [-0.1, -0.05) is 361 Å². The van der Waals surface area contributed by atoms with Crippen molar-refractivity contribution in [1.29, 1.82) is 0 Å². The molecule has 0 amide bonds. The second-order valence-corrected chi connectivity index (χ2v) is 22.3. The zero-order chi connectivity index (χ0) is 48.3. The van der Waals surface area contributed by atoms with Gasteiger partial charge in [0.05, 0.1) is 12.7 Å². The van der Waals surface area contributed by atoms with Crippen molar-refractivity contribution in [2.24, 2.45) is 0 Å². The third-order valence-corrected chi connectivity index (χ3v) is 15.3. The zero-order valence-electron chi connectivity index (χ0n) is 46.8. The Morgan fingerprint density at radius 3 is 0.687 bits per heavy atom. The van der Waals surface area contributed by atoms with Crippen LogP contribution in [0.15, 0.2) is 0 Å². The first kappa shape index (κ1) is 66.4. The van der Waals surface area contributed by atoms with Crippen LogP contribution in [-0.2, 0) is 9.53 Å². The fourth-order valence-electron chi connectivity index (χ4n) is 10.5. The number of aliphatic hydroxyl groups excluding tert-OH is 1. The highest BCUT2D eigenvalue weighted by Gasteiger charge is 2.05. The lowest BCUT2D eigenvalue weighted by Gasteiger charge is -2.10. The van der Waals surface area contributed by atoms with Crippen LogP contribution in [0.1, 0.15) is 393 Å². The molecule has 0 aliphatic heterocycles. The van der Waals surface area contributed by atoms with Crippen LogP contribution in [0.4, 0.5) is 0 Å². The largest absolute Gasteiger partial charge is 0.466 e. The van der Waals surface area contributed by atoms with Gasteiger partial charge in [-0.2, -0.15) is 0 Å². The van der Waals surface area contributed by atoms with Crippen LogP contribution in [0.25, 0.3) is 0 Å². The Morgan fingerprint density at radius 2 is 0.448 bits per heavy atom. The van der Waals surface area contributed by atoms with Crippen LogP contribution in [0, 0.1) is 0 Å². The standard InChI is InChI=1S/C64H128O3/c1-3-5-7-9-10-11-12-13-14-15-16-17-18-19-20-21-22-23-24-25-26-27-28-29-30-31-32-33-34-35-36-37-38-39-40-41-42-43-44-45-48-51-54-58-62-67-64(66)61-57-53-50-47-46-49-52-56-60-63(65)59-55-8-6-4-2/h63,65H,3-62H2,1-2H3. The minimum Gasteiger partial charge on any atom is -0.466 e. The summed E-state index contributed by atoms with van der Waals surface area (Å²) in [5.74, 6) is 0.00962. The van der Waals surface area contributed by atoms with E-state index in [9.17, 15) is 9.90 Å². The van der Waals surface area contributed by atoms with Crippen molar-refractivity contribution in [3.05, 3.63) is 0 Å². The molecule has 0 heterocycles. The molecule has 1 unspecified atom stereocenters. The zero-order valence-corrected chi connectivity index (χ0v) is 46.8. The Morgan fingerprint density at radius 1 is 0.269 bits per heavy atom. The second kappa shape index (κ2) is 61.5. The highest BCUT2D eigenvalue weighted by atomic mass is 16.5. The lowest BCUT2D eigenvalue weighted by Crippen LogP contribution is -2.06. The van der Waals surface area contributed by atoms with Gasteiger partial charge in [0.1, 0.15) is 0 Å². The lowest BCUT2D eigenvalue weighted by molar-refractivity contribution is -0.143. The summed E-state index contributed by atoms with van der Waals surface area (Å²) in [7, 11) is 0. The fraction of sp³-hybridized carbons (Fsp3) is 0.984. The lowest BCUT2D eigenvalue weighted by atomic mass is 10.0. The minimum absolute atomic E-state index is 0.00962. The highest BCUT2D eigenvalue weighted by molar-refractivity contribution is 5.69. The molecular weight excluding hydrogens is 817 g/mol.